The van der Waals surface area contributed by atoms with E-state index in [0.29, 0.717) is 11.6 Å². The van der Waals surface area contributed by atoms with Crippen LogP contribution >= 0.6 is 24.0 Å². The molecule has 124 valence electrons. The summed E-state index contributed by atoms with van der Waals surface area (Å²) in [6.45, 7) is 0.647. The van der Waals surface area contributed by atoms with Gasteiger partial charge in [0.15, 0.2) is 0 Å². The molecule has 0 unspecified atom stereocenters. The zero-order chi connectivity index (χ0) is 15.7. The maximum atomic E-state index is 12.7. The summed E-state index contributed by atoms with van der Waals surface area (Å²) in [5, 5.41) is 0.296. The third-order valence-electron chi connectivity index (χ3n) is 3.88. The number of hydrogen-bond acceptors (Lipinski definition) is 4. The summed E-state index contributed by atoms with van der Waals surface area (Å²) < 4.78 is 26.8. The van der Waals surface area contributed by atoms with Crippen LogP contribution in [0, 0.1) is 0 Å². The van der Waals surface area contributed by atoms with Gasteiger partial charge in [0.2, 0.25) is 10.0 Å². The van der Waals surface area contributed by atoms with Gasteiger partial charge in [-0.3, -0.25) is 4.98 Å². The Morgan fingerprint density at radius 3 is 2.52 bits per heavy atom. The van der Waals surface area contributed by atoms with Crippen LogP contribution in [0.2, 0.25) is 5.02 Å². The standard InChI is InChI=1S/C15H16ClN3O2S.ClH/c16-12-6-13(8-18-7-12)22(20,21)19-9-14(15(17)10-19)11-4-2-1-3-5-11;/h1-8,14-15H,9-10,17H2;1H/t14-,15+;/m0./s1. The Bertz CT molecular complexity index is 771. The fraction of sp³-hybridized carbons (Fsp3) is 0.267. The molecule has 0 amide bonds. The van der Waals surface area contributed by atoms with E-state index in [4.69, 9.17) is 17.3 Å². The topological polar surface area (TPSA) is 76.3 Å². The first-order valence-electron chi connectivity index (χ1n) is 6.90. The van der Waals surface area contributed by atoms with Gasteiger partial charge in [-0.2, -0.15) is 4.31 Å². The maximum absolute atomic E-state index is 12.7. The van der Waals surface area contributed by atoms with E-state index in [0.717, 1.165) is 5.56 Å². The van der Waals surface area contributed by atoms with Crippen LogP contribution in [-0.4, -0.2) is 36.8 Å². The van der Waals surface area contributed by atoms with Crippen molar-refractivity contribution in [2.24, 2.45) is 5.73 Å². The summed E-state index contributed by atoms with van der Waals surface area (Å²) >= 11 is 5.84. The van der Waals surface area contributed by atoms with Crippen LogP contribution in [0.4, 0.5) is 0 Å². The van der Waals surface area contributed by atoms with Crippen LogP contribution in [0.3, 0.4) is 0 Å². The lowest BCUT2D eigenvalue weighted by atomic mass is 9.95. The Kier molecular flexibility index (Phi) is 5.65. The monoisotopic (exact) mass is 373 g/mol. The lowest BCUT2D eigenvalue weighted by molar-refractivity contribution is 0.470. The molecule has 0 radical (unpaired) electrons. The van der Waals surface area contributed by atoms with Gasteiger partial charge < -0.3 is 5.73 Å². The lowest BCUT2D eigenvalue weighted by Crippen LogP contribution is -2.32. The minimum absolute atomic E-state index is 0. The van der Waals surface area contributed by atoms with E-state index in [1.165, 1.54) is 22.8 Å². The number of benzene rings is 1. The molecule has 3 rings (SSSR count). The summed E-state index contributed by atoms with van der Waals surface area (Å²) in [7, 11) is -3.63. The van der Waals surface area contributed by atoms with Crippen molar-refractivity contribution in [3.05, 3.63) is 59.4 Å². The minimum Gasteiger partial charge on any atom is -0.326 e. The molecule has 1 aliphatic heterocycles. The van der Waals surface area contributed by atoms with Crippen molar-refractivity contribution in [2.45, 2.75) is 16.9 Å². The third kappa shape index (κ3) is 3.67. The fourth-order valence-corrected chi connectivity index (χ4v) is 4.46. The van der Waals surface area contributed by atoms with Gasteiger partial charge in [0.05, 0.1) is 5.02 Å². The Morgan fingerprint density at radius 2 is 1.87 bits per heavy atom. The Labute approximate surface area is 146 Å². The van der Waals surface area contributed by atoms with E-state index < -0.39 is 10.0 Å². The normalized spacial score (nSPS) is 21.8. The van der Waals surface area contributed by atoms with E-state index in [2.05, 4.69) is 4.98 Å². The summed E-state index contributed by atoms with van der Waals surface area (Å²) in [5.74, 6) is -0.0110. The van der Waals surface area contributed by atoms with Gasteiger partial charge in [0.25, 0.3) is 0 Å². The van der Waals surface area contributed by atoms with Crippen molar-refractivity contribution >= 4 is 34.0 Å². The molecule has 0 aliphatic carbocycles. The van der Waals surface area contributed by atoms with Gasteiger partial charge in [-0.15, -0.1) is 12.4 Å². The average Bonchev–Trinajstić information content (AvgIpc) is 2.91. The number of sulfonamides is 1. The zero-order valence-electron chi connectivity index (χ0n) is 12.2. The number of rotatable bonds is 3. The number of nitrogens with zero attached hydrogens (tertiary/aromatic N) is 2. The van der Waals surface area contributed by atoms with Crippen LogP contribution in [0.5, 0.6) is 0 Å². The highest BCUT2D eigenvalue weighted by atomic mass is 35.5. The maximum Gasteiger partial charge on any atom is 0.244 e. The molecule has 0 bridgehead atoms. The Hall–Kier alpha value is -1.18. The molecule has 1 aromatic carbocycles. The summed E-state index contributed by atoms with van der Waals surface area (Å²) in [6, 6.07) is 10.9. The summed E-state index contributed by atoms with van der Waals surface area (Å²) in [4.78, 5) is 3.95. The molecule has 0 spiro atoms. The molecule has 1 aromatic heterocycles. The highest BCUT2D eigenvalue weighted by Gasteiger charge is 2.38. The van der Waals surface area contributed by atoms with Gasteiger partial charge >= 0.3 is 0 Å². The van der Waals surface area contributed by atoms with Crippen molar-refractivity contribution < 1.29 is 8.42 Å². The predicted octanol–water partition coefficient (Wildman–Crippen LogP) is 2.27. The lowest BCUT2D eigenvalue weighted by Gasteiger charge is -2.16. The first-order chi connectivity index (χ1) is 10.5. The first-order valence-corrected chi connectivity index (χ1v) is 8.71. The Morgan fingerprint density at radius 1 is 1.17 bits per heavy atom. The van der Waals surface area contributed by atoms with Gasteiger partial charge in [-0.05, 0) is 11.6 Å². The van der Waals surface area contributed by atoms with Crippen LogP contribution in [-0.2, 0) is 10.0 Å². The van der Waals surface area contributed by atoms with Gasteiger partial charge in [-0.1, -0.05) is 41.9 Å². The molecule has 2 aromatic rings. The smallest absolute Gasteiger partial charge is 0.244 e. The highest BCUT2D eigenvalue weighted by Crippen LogP contribution is 2.30. The second kappa shape index (κ2) is 7.15. The Balaban J connectivity index is 0.00000192. The van der Waals surface area contributed by atoms with Crippen LogP contribution in [0.25, 0.3) is 0 Å². The van der Waals surface area contributed by atoms with Crippen molar-refractivity contribution in [1.82, 2.24) is 9.29 Å². The number of aromatic nitrogens is 1. The molecule has 2 N–H and O–H groups in total. The molecule has 2 atom stereocenters. The van der Waals surface area contributed by atoms with Crippen LogP contribution in [0.1, 0.15) is 11.5 Å². The van der Waals surface area contributed by atoms with E-state index in [1.807, 2.05) is 30.3 Å². The summed E-state index contributed by atoms with van der Waals surface area (Å²) in [5.41, 5.74) is 7.21. The van der Waals surface area contributed by atoms with Gasteiger partial charge in [0, 0.05) is 37.4 Å². The SMILES string of the molecule is Cl.N[C@@H]1CN(S(=O)(=O)c2cncc(Cl)c2)C[C@H]1c1ccccc1. The molecule has 1 aliphatic rings. The molecule has 8 heteroatoms. The molecular weight excluding hydrogens is 357 g/mol. The second-order valence-corrected chi connectivity index (χ2v) is 7.72. The number of pyridine rings is 1. The van der Waals surface area contributed by atoms with E-state index in [9.17, 15) is 8.42 Å². The highest BCUT2D eigenvalue weighted by molar-refractivity contribution is 7.89. The average molecular weight is 374 g/mol. The third-order valence-corrected chi connectivity index (χ3v) is 5.88. The predicted molar refractivity (Wildman–Crippen MR) is 92.4 cm³/mol. The first kappa shape index (κ1) is 18.2. The van der Waals surface area contributed by atoms with E-state index in [1.54, 1.807) is 0 Å². The van der Waals surface area contributed by atoms with E-state index in [-0.39, 0.29) is 35.8 Å². The number of nitrogens with two attached hydrogens (primary N) is 1. The molecule has 1 saturated heterocycles. The number of hydrogen-bond donors (Lipinski definition) is 1. The molecule has 1 fully saturated rings. The molecule has 5 nitrogen and oxygen atoms in total. The van der Waals surface area contributed by atoms with Crippen molar-refractivity contribution in [2.75, 3.05) is 13.1 Å². The molecular formula is C15H17Cl2N3O2S. The molecule has 0 saturated carbocycles. The van der Waals surface area contributed by atoms with E-state index >= 15 is 0 Å². The van der Waals surface area contributed by atoms with Crippen LogP contribution in [0.15, 0.2) is 53.7 Å². The van der Waals surface area contributed by atoms with Gasteiger partial charge in [-0.25, -0.2) is 8.42 Å². The largest absolute Gasteiger partial charge is 0.326 e. The second-order valence-electron chi connectivity index (χ2n) is 5.34. The molecule has 2 heterocycles. The van der Waals surface area contributed by atoms with Crippen molar-refractivity contribution in [3.63, 3.8) is 0 Å². The minimum atomic E-state index is -3.63. The van der Waals surface area contributed by atoms with Crippen LogP contribution < -0.4 is 5.73 Å². The van der Waals surface area contributed by atoms with Crippen molar-refractivity contribution in [1.29, 1.82) is 0 Å². The number of halogens is 2. The van der Waals surface area contributed by atoms with Crippen molar-refractivity contribution in [3.8, 4) is 0 Å². The molecule has 23 heavy (non-hydrogen) atoms. The summed E-state index contributed by atoms with van der Waals surface area (Å²) in [6.07, 6.45) is 2.71. The fourth-order valence-electron chi connectivity index (χ4n) is 2.72. The quantitative estimate of drug-likeness (QED) is 0.894. The zero-order valence-corrected chi connectivity index (χ0v) is 14.6. The van der Waals surface area contributed by atoms with Gasteiger partial charge in [0.1, 0.15) is 4.90 Å².